The van der Waals surface area contributed by atoms with Crippen LogP contribution in [0.4, 0.5) is 5.69 Å². The van der Waals surface area contributed by atoms with Gasteiger partial charge in [0.25, 0.3) is 15.9 Å². The van der Waals surface area contributed by atoms with Crippen molar-refractivity contribution in [3.63, 3.8) is 0 Å². The average Bonchev–Trinajstić information content (AvgIpc) is 3.33. The number of nitrogens with zero attached hydrogens (tertiary/aromatic N) is 3. The second kappa shape index (κ2) is 9.26. The maximum absolute atomic E-state index is 13.5. The van der Waals surface area contributed by atoms with Gasteiger partial charge < -0.3 is 5.73 Å². The van der Waals surface area contributed by atoms with E-state index in [1.807, 2.05) is 6.07 Å². The van der Waals surface area contributed by atoms with E-state index in [1.165, 1.54) is 41.2 Å². The molecule has 1 amide bonds. The summed E-state index contributed by atoms with van der Waals surface area (Å²) in [7, 11) is -7.88. The first-order valence-corrected chi connectivity index (χ1v) is 15.1. The summed E-state index contributed by atoms with van der Waals surface area (Å²) in [4.78, 5) is 16.4. The molecule has 0 unspecified atom stereocenters. The van der Waals surface area contributed by atoms with Gasteiger partial charge in [-0.1, -0.05) is 18.2 Å². The maximum atomic E-state index is 13.5. The van der Waals surface area contributed by atoms with Gasteiger partial charge >= 0.3 is 0 Å². The summed E-state index contributed by atoms with van der Waals surface area (Å²) in [6.07, 6.45) is 4.21. The first-order chi connectivity index (χ1) is 19.0. The van der Waals surface area contributed by atoms with Crippen molar-refractivity contribution < 1.29 is 21.6 Å². The predicted octanol–water partition coefficient (Wildman–Crippen LogP) is 2.73. The molecule has 11 nitrogen and oxygen atoms in total. The van der Waals surface area contributed by atoms with Gasteiger partial charge in [-0.2, -0.15) is 5.10 Å². The molecule has 1 aliphatic carbocycles. The Morgan fingerprint density at radius 1 is 0.950 bits per heavy atom. The average molecular weight is 575 g/mol. The number of benzene rings is 3. The van der Waals surface area contributed by atoms with E-state index < -0.39 is 26.0 Å². The Kier molecular flexibility index (Phi) is 5.94. The van der Waals surface area contributed by atoms with Crippen molar-refractivity contribution in [3.8, 4) is 16.9 Å². The number of nitrogens with one attached hydrogen (secondary N) is 1. The molecule has 13 heteroatoms. The fourth-order valence-electron chi connectivity index (χ4n) is 5.00. The van der Waals surface area contributed by atoms with E-state index in [-0.39, 0.29) is 15.5 Å². The highest BCUT2D eigenvalue weighted by Crippen LogP contribution is 2.39. The summed E-state index contributed by atoms with van der Waals surface area (Å²) >= 11 is 0. The van der Waals surface area contributed by atoms with Crippen LogP contribution < -0.4 is 15.6 Å². The lowest BCUT2D eigenvalue weighted by atomic mass is 9.88. The number of sulfonamides is 2. The smallest absolute Gasteiger partial charge is 0.269 e. The van der Waals surface area contributed by atoms with Crippen LogP contribution in [-0.2, 0) is 32.9 Å². The molecule has 0 bridgehead atoms. The number of pyridine rings is 1. The van der Waals surface area contributed by atoms with Crippen LogP contribution in [0.25, 0.3) is 27.7 Å². The topological polar surface area (TPSA) is 180 Å². The summed E-state index contributed by atoms with van der Waals surface area (Å²) in [5.41, 5.74) is 9.30. The molecule has 5 N–H and O–H groups in total. The van der Waals surface area contributed by atoms with Crippen molar-refractivity contribution in [2.75, 3.05) is 4.72 Å². The third-order valence-corrected chi connectivity index (χ3v) is 9.19. The van der Waals surface area contributed by atoms with E-state index in [9.17, 15) is 21.6 Å². The molecule has 5 aromatic rings. The van der Waals surface area contributed by atoms with E-state index in [0.29, 0.717) is 51.8 Å². The third-order valence-electron chi connectivity index (χ3n) is 6.82. The number of rotatable bonds is 6. The molecule has 0 atom stereocenters. The second-order valence-electron chi connectivity index (χ2n) is 9.32. The van der Waals surface area contributed by atoms with E-state index >= 15 is 0 Å². The summed E-state index contributed by atoms with van der Waals surface area (Å²) in [5, 5.41) is 10.9. The van der Waals surface area contributed by atoms with Crippen molar-refractivity contribution in [1.29, 1.82) is 0 Å². The van der Waals surface area contributed by atoms with Gasteiger partial charge in [0.15, 0.2) is 5.69 Å². The normalized spacial score (nSPS) is 13.0. The number of hydrogen-bond acceptors (Lipinski definition) is 7. The molecule has 0 radical (unpaired) electrons. The van der Waals surface area contributed by atoms with Crippen molar-refractivity contribution in [2.24, 2.45) is 10.9 Å². The Balaban J connectivity index is 1.46. The first-order valence-electron chi connectivity index (χ1n) is 12.1. The van der Waals surface area contributed by atoms with Crippen molar-refractivity contribution in [1.82, 2.24) is 14.8 Å². The lowest BCUT2D eigenvalue weighted by Crippen LogP contribution is -2.16. The summed E-state index contributed by atoms with van der Waals surface area (Å²) in [6, 6.07) is 17.6. The van der Waals surface area contributed by atoms with E-state index in [1.54, 1.807) is 36.5 Å². The summed E-state index contributed by atoms with van der Waals surface area (Å²) in [5.74, 6) is -0.707. The fourth-order valence-corrected chi connectivity index (χ4v) is 6.80. The quantitative estimate of drug-likeness (QED) is 0.279. The monoisotopic (exact) mass is 574 g/mol. The third kappa shape index (κ3) is 4.39. The lowest BCUT2D eigenvalue weighted by Gasteiger charge is -2.20. The number of primary sulfonamides is 1. The summed E-state index contributed by atoms with van der Waals surface area (Å²) < 4.78 is 54.6. The number of nitrogens with two attached hydrogens (primary N) is 2. The highest BCUT2D eigenvalue weighted by molar-refractivity contribution is 7.93. The van der Waals surface area contributed by atoms with Crippen LogP contribution in [0.2, 0.25) is 0 Å². The Hall–Kier alpha value is -4.59. The second-order valence-corrected chi connectivity index (χ2v) is 12.5. The van der Waals surface area contributed by atoms with Crippen LogP contribution in [0.15, 0.2) is 88.9 Å². The van der Waals surface area contributed by atoms with Crippen LogP contribution in [0.1, 0.15) is 21.6 Å². The minimum absolute atomic E-state index is 0.0753. The number of primary amides is 1. The van der Waals surface area contributed by atoms with Gasteiger partial charge in [0, 0.05) is 40.0 Å². The minimum atomic E-state index is -3.98. The Morgan fingerprint density at radius 3 is 2.45 bits per heavy atom. The van der Waals surface area contributed by atoms with Gasteiger partial charge in [0.05, 0.1) is 21.2 Å². The zero-order chi connectivity index (χ0) is 28.2. The van der Waals surface area contributed by atoms with Gasteiger partial charge in [-0.25, -0.2) is 26.7 Å². The molecular formula is C27H22N6O5S2. The van der Waals surface area contributed by atoms with Crippen LogP contribution in [0.3, 0.4) is 0 Å². The van der Waals surface area contributed by atoms with Crippen LogP contribution >= 0.6 is 0 Å². The molecule has 0 spiro atoms. The number of carbonyl (C=O) groups is 1. The van der Waals surface area contributed by atoms with E-state index in [0.717, 1.165) is 5.56 Å². The maximum Gasteiger partial charge on any atom is 0.269 e. The van der Waals surface area contributed by atoms with Crippen molar-refractivity contribution in [3.05, 3.63) is 95.9 Å². The molecule has 2 heterocycles. The lowest BCUT2D eigenvalue weighted by molar-refractivity contribution is 0.0994. The Labute approximate surface area is 229 Å². The predicted molar refractivity (Wildman–Crippen MR) is 149 cm³/mol. The number of amides is 1. The van der Waals surface area contributed by atoms with Gasteiger partial charge in [-0.3, -0.25) is 14.5 Å². The molecule has 0 aliphatic heterocycles. The number of carbonyl (C=O) groups excluding carboxylic acids is 1. The SMILES string of the molecule is NC(=O)c1nn(-c2ccc(S(N)(=O)=O)cc2)c2c1CCc1ccc(NS(=O)(=O)c3cccc4cnccc34)cc1-2. The van der Waals surface area contributed by atoms with Gasteiger partial charge in [-0.05, 0) is 66.9 Å². The largest absolute Gasteiger partial charge is 0.364 e. The molecule has 202 valence electrons. The zero-order valence-corrected chi connectivity index (χ0v) is 22.4. The van der Waals surface area contributed by atoms with Crippen LogP contribution in [0, 0.1) is 0 Å². The molecule has 0 fully saturated rings. The summed E-state index contributed by atoms with van der Waals surface area (Å²) in [6.45, 7) is 0. The molecular weight excluding hydrogens is 552 g/mol. The Morgan fingerprint density at radius 2 is 1.73 bits per heavy atom. The van der Waals surface area contributed by atoms with E-state index in [2.05, 4.69) is 14.8 Å². The number of aryl methyl sites for hydroxylation is 1. The molecule has 3 aromatic carbocycles. The highest BCUT2D eigenvalue weighted by atomic mass is 32.2. The first kappa shape index (κ1) is 25.7. The van der Waals surface area contributed by atoms with Crippen LogP contribution in [0.5, 0.6) is 0 Å². The molecule has 6 rings (SSSR count). The molecule has 40 heavy (non-hydrogen) atoms. The minimum Gasteiger partial charge on any atom is -0.364 e. The van der Waals surface area contributed by atoms with Crippen molar-refractivity contribution >= 4 is 42.4 Å². The molecule has 0 saturated carbocycles. The Bertz CT molecular complexity index is 2050. The standard InChI is InChI=1S/C27H22N6O5S2/c28-27(34)25-22-11-5-16-4-6-18(32-40(37,38)24-3-1-2-17-15-30-13-12-21(17)24)14-23(16)26(22)33(31-25)19-7-9-20(10-8-19)39(29,35)36/h1-4,6-10,12-15,32H,5,11H2,(H2,28,34)(H2,29,35,36). The van der Waals surface area contributed by atoms with E-state index in [4.69, 9.17) is 10.9 Å². The molecule has 1 aliphatic rings. The number of anilines is 1. The van der Waals surface area contributed by atoms with Gasteiger partial charge in [0.1, 0.15) is 0 Å². The highest BCUT2D eigenvalue weighted by Gasteiger charge is 2.29. The number of aromatic nitrogens is 3. The fraction of sp³-hybridized carbons (Fsp3) is 0.0741. The molecule has 0 saturated heterocycles. The molecule has 2 aromatic heterocycles. The zero-order valence-electron chi connectivity index (χ0n) is 20.8. The number of fused-ring (bicyclic) bond motifs is 4. The van der Waals surface area contributed by atoms with Crippen molar-refractivity contribution in [2.45, 2.75) is 22.6 Å². The van der Waals surface area contributed by atoms with Gasteiger partial charge in [-0.15, -0.1) is 0 Å². The van der Waals surface area contributed by atoms with Gasteiger partial charge in [0.2, 0.25) is 10.0 Å². The number of hydrogen-bond donors (Lipinski definition) is 3. The van der Waals surface area contributed by atoms with Crippen LogP contribution in [-0.4, -0.2) is 37.5 Å².